The molecule has 0 spiro atoms. The molecule has 1 aliphatic rings. The van der Waals surface area contributed by atoms with Gasteiger partial charge in [0, 0.05) is 17.7 Å². The molecule has 0 fully saturated rings. The third-order valence-corrected chi connectivity index (χ3v) is 8.06. The van der Waals surface area contributed by atoms with E-state index in [9.17, 15) is 8.42 Å². The van der Waals surface area contributed by atoms with E-state index >= 15 is 0 Å². The summed E-state index contributed by atoms with van der Waals surface area (Å²) in [5.41, 5.74) is 4.12. The average Bonchev–Trinajstić information content (AvgIpc) is 2.83. The SMILES string of the molecule is CCOc1ccc([C@@H](C)C2CCc3ccc(S(=O)(=O)Nc4ccc(C(C)(C)C)nn4)cc3C2)cn1. The summed E-state index contributed by atoms with van der Waals surface area (Å²) in [4.78, 5) is 4.66. The van der Waals surface area contributed by atoms with Crippen LogP contribution in [0.4, 0.5) is 5.82 Å². The second kappa shape index (κ2) is 9.93. The number of sulfonamides is 1. The number of pyridine rings is 1. The zero-order valence-corrected chi connectivity index (χ0v) is 21.9. The first-order valence-electron chi connectivity index (χ1n) is 12.1. The van der Waals surface area contributed by atoms with E-state index in [1.807, 2.05) is 52.1 Å². The van der Waals surface area contributed by atoms with Crippen LogP contribution in [0.5, 0.6) is 5.88 Å². The largest absolute Gasteiger partial charge is 0.478 e. The number of aryl methyl sites for hydroxylation is 1. The summed E-state index contributed by atoms with van der Waals surface area (Å²) < 4.78 is 34.2. The van der Waals surface area contributed by atoms with E-state index in [1.54, 1.807) is 18.2 Å². The van der Waals surface area contributed by atoms with Crippen LogP contribution < -0.4 is 9.46 Å². The predicted molar refractivity (Wildman–Crippen MR) is 137 cm³/mol. The smallest absolute Gasteiger partial charge is 0.263 e. The molecule has 186 valence electrons. The van der Waals surface area contributed by atoms with Crippen molar-refractivity contribution < 1.29 is 13.2 Å². The van der Waals surface area contributed by atoms with E-state index in [2.05, 4.69) is 32.9 Å². The third-order valence-electron chi connectivity index (χ3n) is 6.71. The lowest BCUT2D eigenvalue weighted by Gasteiger charge is -2.30. The fraction of sp³-hybridized carbons (Fsp3) is 0.444. The number of nitrogens with zero attached hydrogens (tertiary/aromatic N) is 3. The first kappa shape index (κ1) is 25.1. The molecule has 4 rings (SSSR count). The van der Waals surface area contributed by atoms with Gasteiger partial charge < -0.3 is 4.74 Å². The van der Waals surface area contributed by atoms with Gasteiger partial charge in [-0.15, -0.1) is 5.10 Å². The zero-order valence-electron chi connectivity index (χ0n) is 21.1. The number of hydrogen-bond donors (Lipinski definition) is 1. The second-order valence-corrected chi connectivity index (χ2v) is 11.9. The topological polar surface area (TPSA) is 94.1 Å². The van der Waals surface area contributed by atoms with Gasteiger partial charge in [0.25, 0.3) is 10.0 Å². The molecule has 7 nitrogen and oxygen atoms in total. The van der Waals surface area contributed by atoms with Gasteiger partial charge in [-0.1, -0.05) is 39.8 Å². The summed E-state index contributed by atoms with van der Waals surface area (Å²) >= 11 is 0. The molecule has 0 saturated heterocycles. The highest BCUT2D eigenvalue weighted by atomic mass is 32.2. The van der Waals surface area contributed by atoms with Gasteiger partial charge in [0.15, 0.2) is 5.82 Å². The van der Waals surface area contributed by atoms with Crippen molar-refractivity contribution in [2.45, 2.75) is 70.1 Å². The molecular weight excluding hydrogens is 460 g/mol. The van der Waals surface area contributed by atoms with Crippen LogP contribution in [0.1, 0.15) is 69.3 Å². The lowest BCUT2D eigenvalue weighted by atomic mass is 9.75. The van der Waals surface area contributed by atoms with E-state index in [1.165, 1.54) is 11.1 Å². The Kier molecular flexibility index (Phi) is 7.12. The van der Waals surface area contributed by atoms with Crippen LogP contribution in [-0.2, 0) is 28.3 Å². The van der Waals surface area contributed by atoms with Crippen molar-refractivity contribution in [3.05, 3.63) is 71.0 Å². The molecule has 0 amide bonds. The van der Waals surface area contributed by atoms with Crippen LogP contribution in [0.3, 0.4) is 0 Å². The maximum absolute atomic E-state index is 13.1. The van der Waals surface area contributed by atoms with Gasteiger partial charge in [-0.05, 0) is 79.0 Å². The minimum Gasteiger partial charge on any atom is -0.478 e. The van der Waals surface area contributed by atoms with Gasteiger partial charge in [0.1, 0.15) is 0 Å². The lowest BCUT2D eigenvalue weighted by molar-refractivity contribution is 0.326. The molecule has 2 heterocycles. The van der Waals surface area contributed by atoms with Crippen LogP contribution in [0.2, 0.25) is 0 Å². The molecule has 35 heavy (non-hydrogen) atoms. The van der Waals surface area contributed by atoms with Gasteiger partial charge >= 0.3 is 0 Å². The van der Waals surface area contributed by atoms with Crippen LogP contribution in [-0.4, -0.2) is 30.2 Å². The van der Waals surface area contributed by atoms with Gasteiger partial charge in [0.2, 0.25) is 5.88 Å². The normalized spacial score (nSPS) is 16.9. The molecular formula is C27H34N4O3S. The minimum absolute atomic E-state index is 0.155. The van der Waals surface area contributed by atoms with E-state index in [-0.39, 0.29) is 16.1 Å². The number of anilines is 1. The fourth-order valence-electron chi connectivity index (χ4n) is 4.51. The van der Waals surface area contributed by atoms with Crippen molar-refractivity contribution in [3.63, 3.8) is 0 Å². The Morgan fingerprint density at radius 1 is 1.09 bits per heavy atom. The standard InChI is InChI=1S/C27H34N4O3S/c1-6-34-26-14-10-21(17-28-26)18(2)20-8-7-19-9-11-23(16-22(19)15-20)35(32,33)31-25-13-12-24(29-30-25)27(3,4)5/h9-14,16-18,20H,6-8,15H2,1-5H3,(H,30,31)/t18-,20?/m0/s1. The van der Waals surface area contributed by atoms with E-state index in [0.717, 1.165) is 30.5 Å². The molecule has 8 heteroatoms. The van der Waals surface area contributed by atoms with Crippen molar-refractivity contribution in [1.29, 1.82) is 0 Å². The predicted octanol–water partition coefficient (Wildman–Crippen LogP) is 5.28. The van der Waals surface area contributed by atoms with Gasteiger partial charge in [-0.3, -0.25) is 4.72 Å². The summed E-state index contributed by atoms with van der Waals surface area (Å²) in [6.07, 6.45) is 4.71. The summed E-state index contributed by atoms with van der Waals surface area (Å²) in [5.74, 6) is 1.56. The van der Waals surface area contributed by atoms with Crippen molar-refractivity contribution in [1.82, 2.24) is 15.2 Å². The van der Waals surface area contributed by atoms with Crippen molar-refractivity contribution in [2.24, 2.45) is 5.92 Å². The monoisotopic (exact) mass is 494 g/mol. The van der Waals surface area contributed by atoms with Crippen molar-refractivity contribution >= 4 is 15.8 Å². The average molecular weight is 495 g/mol. The highest BCUT2D eigenvalue weighted by molar-refractivity contribution is 7.92. The Balaban J connectivity index is 1.49. The van der Waals surface area contributed by atoms with Crippen molar-refractivity contribution in [2.75, 3.05) is 11.3 Å². The van der Waals surface area contributed by atoms with Crippen LogP contribution in [0.25, 0.3) is 0 Å². The number of hydrogen-bond acceptors (Lipinski definition) is 6. The number of ether oxygens (including phenoxy) is 1. The van der Waals surface area contributed by atoms with Crippen molar-refractivity contribution in [3.8, 4) is 5.88 Å². The quantitative estimate of drug-likeness (QED) is 0.480. The van der Waals surface area contributed by atoms with E-state index in [4.69, 9.17) is 4.74 Å². The Hall–Kier alpha value is -3.00. The summed E-state index contributed by atoms with van der Waals surface area (Å²) in [7, 11) is -3.77. The van der Waals surface area contributed by atoms with Gasteiger partial charge in [0.05, 0.1) is 17.2 Å². The molecule has 0 aliphatic heterocycles. The van der Waals surface area contributed by atoms with Gasteiger partial charge in [-0.25, -0.2) is 13.4 Å². The Morgan fingerprint density at radius 2 is 1.89 bits per heavy atom. The number of aromatic nitrogens is 3. The summed E-state index contributed by atoms with van der Waals surface area (Å²) in [6.45, 7) is 10.9. The molecule has 1 aliphatic carbocycles. The second-order valence-electron chi connectivity index (χ2n) is 10.2. The molecule has 0 bridgehead atoms. The molecule has 0 radical (unpaired) electrons. The molecule has 2 atom stereocenters. The Labute approximate surface area is 208 Å². The molecule has 0 saturated carbocycles. The van der Waals surface area contributed by atoms with Crippen LogP contribution in [0, 0.1) is 5.92 Å². The molecule has 1 aromatic carbocycles. The van der Waals surface area contributed by atoms with E-state index in [0.29, 0.717) is 24.3 Å². The maximum atomic E-state index is 13.1. The molecule has 1 N–H and O–H groups in total. The minimum atomic E-state index is -3.77. The molecule has 3 aromatic rings. The van der Waals surface area contributed by atoms with Gasteiger partial charge in [-0.2, -0.15) is 5.10 Å². The third kappa shape index (κ3) is 5.81. The zero-order chi connectivity index (χ0) is 25.2. The lowest BCUT2D eigenvalue weighted by Crippen LogP contribution is -2.21. The number of fused-ring (bicyclic) bond motifs is 1. The highest BCUT2D eigenvalue weighted by Gasteiger charge is 2.27. The molecule has 1 unspecified atom stereocenters. The Bertz CT molecular complexity index is 1270. The fourth-order valence-corrected chi connectivity index (χ4v) is 5.55. The number of benzene rings is 1. The first-order valence-corrected chi connectivity index (χ1v) is 13.6. The van der Waals surface area contributed by atoms with E-state index < -0.39 is 10.0 Å². The summed E-state index contributed by atoms with van der Waals surface area (Å²) in [5, 5.41) is 8.26. The highest BCUT2D eigenvalue weighted by Crippen LogP contribution is 2.36. The first-order chi connectivity index (χ1) is 16.6. The van der Waals surface area contributed by atoms with Crippen LogP contribution >= 0.6 is 0 Å². The number of rotatable bonds is 7. The maximum Gasteiger partial charge on any atom is 0.263 e. The molecule has 2 aromatic heterocycles. The Morgan fingerprint density at radius 3 is 2.51 bits per heavy atom. The summed E-state index contributed by atoms with van der Waals surface area (Å²) in [6, 6.07) is 12.9. The van der Waals surface area contributed by atoms with Crippen LogP contribution in [0.15, 0.2) is 53.6 Å². The number of nitrogens with one attached hydrogen (secondary N) is 1.